The highest BCUT2D eigenvalue weighted by Crippen LogP contribution is 2.42. The van der Waals surface area contributed by atoms with Crippen molar-refractivity contribution in [2.45, 2.75) is 70.5 Å². The Hall–Kier alpha value is -2.93. The number of amides is 1. The van der Waals surface area contributed by atoms with Gasteiger partial charge in [-0.25, -0.2) is 4.79 Å². The molecule has 7 nitrogen and oxygen atoms in total. The van der Waals surface area contributed by atoms with Crippen LogP contribution in [-0.2, 0) is 25.5 Å². The summed E-state index contributed by atoms with van der Waals surface area (Å²) in [7, 11) is 0. The maximum Gasteiger partial charge on any atom is 0.338 e. The van der Waals surface area contributed by atoms with E-state index < -0.39 is 0 Å². The van der Waals surface area contributed by atoms with Crippen LogP contribution in [0.3, 0.4) is 0 Å². The molecule has 0 radical (unpaired) electrons. The summed E-state index contributed by atoms with van der Waals surface area (Å²) in [4.78, 5) is 33.0. The quantitative estimate of drug-likeness (QED) is 0.358. The fourth-order valence-electron chi connectivity index (χ4n) is 4.65. The molecule has 1 aliphatic carbocycles. The van der Waals surface area contributed by atoms with E-state index in [9.17, 15) is 9.59 Å². The Bertz CT molecular complexity index is 985. The molecule has 0 aromatic heterocycles. The molecule has 1 saturated heterocycles. The highest BCUT2D eigenvalue weighted by molar-refractivity contribution is 6.00. The summed E-state index contributed by atoms with van der Waals surface area (Å²) in [6.07, 6.45) is 13.2. The third kappa shape index (κ3) is 7.28. The normalized spacial score (nSPS) is 26.9. The zero-order chi connectivity index (χ0) is 24.6. The van der Waals surface area contributed by atoms with E-state index in [1.165, 1.54) is 0 Å². The molecule has 0 spiro atoms. The van der Waals surface area contributed by atoms with Crippen molar-refractivity contribution in [3.63, 3.8) is 0 Å². The molecule has 7 heteroatoms. The van der Waals surface area contributed by atoms with Crippen molar-refractivity contribution in [3.05, 3.63) is 59.2 Å². The number of carbonyl (C=O) groups is 2. The van der Waals surface area contributed by atoms with Crippen LogP contribution in [0.4, 0.5) is 0 Å². The third-order valence-corrected chi connectivity index (χ3v) is 6.41. The van der Waals surface area contributed by atoms with Gasteiger partial charge in [0.15, 0.2) is 6.61 Å². The van der Waals surface area contributed by atoms with Crippen LogP contribution in [0.2, 0.25) is 0 Å². The summed E-state index contributed by atoms with van der Waals surface area (Å²) in [6.45, 7) is 5.27. The number of cyclic esters (lactones) is 1. The van der Waals surface area contributed by atoms with E-state index in [2.05, 4.69) is 23.4 Å². The lowest BCUT2D eigenvalue weighted by Crippen LogP contribution is -2.49. The number of ether oxygens (including phenoxy) is 2. The van der Waals surface area contributed by atoms with Crippen LogP contribution < -0.4 is 0 Å². The average molecular weight is 481 g/mol. The van der Waals surface area contributed by atoms with Gasteiger partial charge in [-0.1, -0.05) is 41.6 Å². The van der Waals surface area contributed by atoms with E-state index in [0.29, 0.717) is 49.7 Å². The van der Waals surface area contributed by atoms with E-state index in [1.807, 2.05) is 38.1 Å². The summed E-state index contributed by atoms with van der Waals surface area (Å²) < 4.78 is 11.3. The van der Waals surface area contributed by atoms with Crippen molar-refractivity contribution in [1.82, 2.24) is 4.90 Å². The van der Waals surface area contributed by atoms with Gasteiger partial charge in [0.1, 0.15) is 0 Å². The second kappa shape index (κ2) is 12.2. The fourth-order valence-corrected chi connectivity index (χ4v) is 4.65. The Kier molecular flexibility index (Phi) is 8.74. The van der Waals surface area contributed by atoms with Crippen LogP contribution in [0, 0.1) is 0 Å². The number of allylic oxidation sites excluding steroid dienone is 3. The lowest BCUT2D eigenvalue weighted by molar-refractivity contribution is -0.147. The largest absolute Gasteiger partial charge is 0.462 e. The molecular formula is C28H36N2O5. The van der Waals surface area contributed by atoms with Crippen molar-refractivity contribution in [3.8, 4) is 0 Å². The first kappa shape index (κ1) is 25.2. The number of esters is 1. The Morgan fingerprint density at radius 2 is 1.83 bits per heavy atom. The van der Waals surface area contributed by atoms with Crippen LogP contribution >= 0.6 is 0 Å². The lowest BCUT2D eigenvalue weighted by atomic mass is 9.94. The maximum absolute atomic E-state index is 13.1. The first-order valence-electron chi connectivity index (χ1n) is 12.7. The highest BCUT2D eigenvalue weighted by Gasteiger charge is 2.30. The molecule has 1 aromatic carbocycles. The molecule has 35 heavy (non-hydrogen) atoms. The fraction of sp³-hybridized carbons (Fsp3) is 0.536. The standard InChI is InChI=1S/C28H36N2O5/c1-20-17-30(18-21(2)35-20)26(31)19-34-29-24-11-7-5-3-4-6-8-15-33-28(32)27-23(16-24)10-9-12-25(27)22-13-14-22/h4,6-7,9-12,20-22H,3,5,8,13-19H2,1-2H3/b6-4+,11-7+,29-24-. The molecule has 2 unspecified atom stereocenters. The molecule has 188 valence electrons. The topological polar surface area (TPSA) is 77.4 Å². The van der Waals surface area contributed by atoms with Gasteiger partial charge >= 0.3 is 5.97 Å². The number of oxime groups is 1. The summed E-state index contributed by atoms with van der Waals surface area (Å²) >= 11 is 0. The van der Waals surface area contributed by atoms with E-state index in [1.54, 1.807) is 4.90 Å². The zero-order valence-electron chi connectivity index (χ0n) is 20.8. The molecule has 0 bridgehead atoms. The Morgan fingerprint density at radius 1 is 1.09 bits per heavy atom. The van der Waals surface area contributed by atoms with Crippen molar-refractivity contribution < 1.29 is 23.9 Å². The van der Waals surface area contributed by atoms with Gasteiger partial charge in [0, 0.05) is 19.5 Å². The van der Waals surface area contributed by atoms with Crippen LogP contribution in [-0.4, -0.2) is 61.0 Å². The molecule has 1 aromatic rings. The first-order chi connectivity index (χ1) is 17.0. The molecule has 3 aliphatic rings. The molecule has 2 heterocycles. The van der Waals surface area contributed by atoms with Gasteiger partial charge in [-0.2, -0.15) is 0 Å². The number of rotatable bonds is 4. The number of hydrogen-bond donors (Lipinski definition) is 0. The van der Waals surface area contributed by atoms with Gasteiger partial charge in [-0.05, 0) is 69.1 Å². The molecule has 2 aliphatic heterocycles. The minimum atomic E-state index is -0.275. The molecule has 0 N–H and O–H groups in total. The van der Waals surface area contributed by atoms with Gasteiger partial charge in [-0.15, -0.1) is 0 Å². The molecule has 1 saturated carbocycles. The molecular weight excluding hydrogens is 444 g/mol. The van der Waals surface area contributed by atoms with Crippen molar-refractivity contribution in [2.24, 2.45) is 5.16 Å². The van der Waals surface area contributed by atoms with E-state index in [0.717, 1.165) is 36.8 Å². The van der Waals surface area contributed by atoms with Gasteiger partial charge in [0.2, 0.25) is 0 Å². The van der Waals surface area contributed by atoms with E-state index in [4.69, 9.17) is 14.3 Å². The van der Waals surface area contributed by atoms with Crippen LogP contribution in [0.15, 0.2) is 47.7 Å². The number of morpholine rings is 1. The van der Waals surface area contributed by atoms with Gasteiger partial charge in [-0.3, -0.25) is 4.79 Å². The van der Waals surface area contributed by atoms with Gasteiger partial charge < -0.3 is 19.2 Å². The summed E-state index contributed by atoms with van der Waals surface area (Å²) in [5.41, 5.74) is 3.26. The SMILES string of the molecule is CC1CN(C(=O)CO/N=C2/C=C/CC/C=C/CCOC(=O)c3c(cccc3C3CC3)C2)CC(C)O1. The summed E-state index contributed by atoms with van der Waals surface area (Å²) in [6, 6.07) is 5.99. The second-order valence-electron chi connectivity index (χ2n) is 9.62. The van der Waals surface area contributed by atoms with Crippen molar-refractivity contribution in [1.29, 1.82) is 0 Å². The number of nitrogens with zero attached hydrogens (tertiary/aromatic N) is 2. The average Bonchev–Trinajstić information content (AvgIpc) is 3.67. The van der Waals surface area contributed by atoms with E-state index in [-0.39, 0.29) is 30.7 Å². The maximum atomic E-state index is 13.1. The third-order valence-electron chi connectivity index (χ3n) is 6.41. The van der Waals surface area contributed by atoms with Crippen LogP contribution in [0.1, 0.15) is 73.4 Å². The smallest absolute Gasteiger partial charge is 0.338 e. The molecule has 1 amide bonds. The number of fused-ring (bicyclic) bond motifs is 1. The van der Waals surface area contributed by atoms with E-state index >= 15 is 0 Å². The van der Waals surface area contributed by atoms with Crippen molar-refractivity contribution in [2.75, 3.05) is 26.3 Å². The number of hydrogen-bond acceptors (Lipinski definition) is 6. The molecule has 4 rings (SSSR count). The Morgan fingerprint density at radius 3 is 2.60 bits per heavy atom. The minimum Gasteiger partial charge on any atom is -0.462 e. The van der Waals surface area contributed by atoms with Crippen LogP contribution in [0.5, 0.6) is 0 Å². The highest BCUT2D eigenvalue weighted by atomic mass is 16.6. The molecule has 2 fully saturated rings. The number of benzene rings is 1. The summed E-state index contributed by atoms with van der Waals surface area (Å²) in [5, 5.41) is 4.32. The van der Waals surface area contributed by atoms with Crippen molar-refractivity contribution >= 4 is 17.6 Å². The predicted molar refractivity (Wildman–Crippen MR) is 135 cm³/mol. The van der Waals surface area contributed by atoms with Gasteiger partial charge in [0.05, 0.1) is 30.1 Å². The molecule has 2 atom stereocenters. The Labute approximate surface area is 207 Å². The zero-order valence-corrected chi connectivity index (χ0v) is 20.8. The minimum absolute atomic E-state index is 0.00232. The predicted octanol–water partition coefficient (Wildman–Crippen LogP) is 4.57. The van der Waals surface area contributed by atoms with Crippen LogP contribution in [0.25, 0.3) is 0 Å². The first-order valence-corrected chi connectivity index (χ1v) is 12.7. The Balaban J connectivity index is 1.52. The number of carbonyl (C=O) groups excluding carboxylic acids is 2. The lowest BCUT2D eigenvalue weighted by Gasteiger charge is -2.35. The van der Waals surface area contributed by atoms with Gasteiger partial charge in [0.25, 0.3) is 5.91 Å². The summed E-state index contributed by atoms with van der Waals surface area (Å²) in [5.74, 6) is 0.0358. The monoisotopic (exact) mass is 480 g/mol. The second-order valence-corrected chi connectivity index (χ2v) is 9.62.